The van der Waals surface area contributed by atoms with Crippen LogP contribution in [0.15, 0.2) is 45.3 Å². The molecule has 0 aliphatic carbocycles. The molecule has 3 rings (SSSR count). The Morgan fingerprint density at radius 2 is 1.90 bits per heavy atom. The van der Waals surface area contributed by atoms with Gasteiger partial charge in [0.1, 0.15) is 5.75 Å². The maximum absolute atomic E-state index is 10.4. The van der Waals surface area contributed by atoms with Crippen LogP contribution in [0.1, 0.15) is 28.9 Å². The molecule has 0 amide bonds. The molecule has 110 valence electrons. The van der Waals surface area contributed by atoms with E-state index in [9.17, 15) is 5.11 Å². The Balaban J connectivity index is 2.08. The number of rotatable bonds is 2. The number of halogens is 2. The van der Waals surface area contributed by atoms with Gasteiger partial charge in [-0.25, -0.2) is 0 Å². The number of nitrogens with two attached hydrogens (primary N) is 1. The third-order valence-electron chi connectivity index (χ3n) is 3.77. The highest BCUT2D eigenvalue weighted by Gasteiger charge is 2.32. The van der Waals surface area contributed by atoms with Crippen molar-refractivity contribution in [2.24, 2.45) is 5.73 Å². The highest BCUT2D eigenvalue weighted by atomic mass is 79.9. The molecule has 0 saturated carbocycles. The first-order chi connectivity index (χ1) is 10.1. The van der Waals surface area contributed by atoms with E-state index in [-0.39, 0.29) is 18.0 Å². The van der Waals surface area contributed by atoms with Gasteiger partial charge in [0.15, 0.2) is 0 Å². The van der Waals surface area contributed by atoms with Crippen LogP contribution in [-0.2, 0) is 11.2 Å². The second-order valence-corrected chi connectivity index (χ2v) is 6.75. The van der Waals surface area contributed by atoms with Crippen molar-refractivity contribution in [1.29, 1.82) is 0 Å². The molecule has 3 N–H and O–H groups in total. The highest BCUT2D eigenvalue weighted by molar-refractivity contribution is 9.11. The molecule has 2 aromatic rings. The molecule has 1 aliphatic heterocycles. The van der Waals surface area contributed by atoms with E-state index in [1.807, 2.05) is 36.4 Å². The largest absolute Gasteiger partial charge is 0.506 e. The van der Waals surface area contributed by atoms with Crippen molar-refractivity contribution in [2.45, 2.75) is 18.6 Å². The smallest absolute Gasteiger partial charge is 0.133 e. The van der Waals surface area contributed by atoms with Gasteiger partial charge in [0.05, 0.1) is 16.7 Å². The molecule has 3 nitrogen and oxygen atoms in total. The quantitative estimate of drug-likeness (QED) is 0.775. The summed E-state index contributed by atoms with van der Waals surface area (Å²) in [5.74, 6) is 0.274. The molecular weight excluding hydrogens is 398 g/mol. The van der Waals surface area contributed by atoms with Gasteiger partial charge in [0.2, 0.25) is 0 Å². The Morgan fingerprint density at radius 3 is 2.57 bits per heavy atom. The van der Waals surface area contributed by atoms with E-state index in [2.05, 4.69) is 31.9 Å². The maximum Gasteiger partial charge on any atom is 0.133 e. The Bertz CT molecular complexity index is 661. The number of hydrogen-bond donors (Lipinski definition) is 2. The molecule has 0 bridgehead atoms. The van der Waals surface area contributed by atoms with E-state index in [1.54, 1.807) is 0 Å². The van der Waals surface area contributed by atoms with Gasteiger partial charge >= 0.3 is 0 Å². The summed E-state index contributed by atoms with van der Waals surface area (Å²) in [6.07, 6.45) is 0.298. The number of phenolic OH excluding ortho intramolecular Hbond substituents is 1. The Morgan fingerprint density at radius 1 is 1.19 bits per heavy atom. The van der Waals surface area contributed by atoms with Crippen LogP contribution in [0.2, 0.25) is 0 Å². The summed E-state index contributed by atoms with van der Waals surface area (Å²) in [5, 5.41) is 10.4. The normalized spacial score (nSPS) is 21.1. The molecule has 21 heavy (non-hydrogen) atoms. The third kappa shape index (κ3) is 2.75. The minimum Gasteiger partial charge on any atom is -0.506 e. The van der Waals surface area contributed by atoms with Crippen LogP contribution in [0.4, 0.5) is 0 Å². The lowest BCUT2D eigenvalue weighted by Crippen LogP contribution is -2.26. The fourth-order valence-corrected chi connectivity index (χ4v) is 4.26. The highest BCUT2D eigenvalue weighted by Crippen LogP contribution is 2.46. The van der Waals surface area contributed by atoms with Crippen LogP contribution in [0.5, 0.6) is 5.75 Å². The van der Waals surface area contributed by atoms with Gasteiger partial charge < -0.3 is 15.6 Å². The number of hydrogen-bond acceptors (Lipinski definition) is 3. The van der Waals surface area contributed by atoms with Crippen LogP contribution in [0, 0.1) is 0 Å². The second-order valence-electron chi connectivity index (χ2n) is 5.04. The lowest BCUT2D eigenvalue weighted by molar-refractivity contribution is -0.0234. The second kappa shape index (κ2) is 6.08. The van der Waals surface area contributed by atoms with Gasteiger partial charge in [-0.1, -0.05) is 46.3 Å². The van der Waals surface area contributed by atoms with E-state index in [0.29, 0.717) is 17.4 Å². The first-order valence-electron chi connectivity index (χ1n) is 6.72. The molecule has 2 atom stereocenters. The van der Waals surface area contributed by atoms with E-state index in [0.717, 1.165) is 21.2 Å². The molecule has 5 heteroatoms. The van der Waals surface area contributed by atoms with Crippen molar-refractivity contribution < 1.29 is 9.84 Å². The van der Waals surface area contributed by atoms with Crippen molar-refractivity contribution in [3.05, 3.63) is 62.0 Å². The van der Waals surface area contributed by atoms with Crippen molar-refractivity contribution >= 4 is 31.9 Å². The predicted octanol–water partition coefficient (Wildman–Crippen LogP) is 4.23. The molecule has 2 unspecified atom stereocenters. The van der Waals surface area contributed by atoms with Crippen LogP contribution in [0.25, 0.3) is 0 Å². The Labute approximate surface area is 140 Å². The van der Waals surface area contributed by atoms with Crippen LogP contribution in [0.3, 0.4) is 0 Å². The standard InChI is InChI=1S/C16H15Br2NO2/c17-11-7-12(18)16(20)10-6-13(9-4-2-1-3-5-9)21-14(8-19)15(10)11/h1-5,7,13-14,20H,6,8,19H2. The van der Waals surface area contributed by atoms with Gasteiger partial charge in [-0.05, 0) is 27.6 Å². The molecule has 1 heterocycles. The van der Waals surface area contributed by atoms with Crippen LogP contribution in [-0.4, -0.2) is 11.7 Å². The number of phenols is 1. The van der Waals surface area contributed by atoms with E-state index >= 15 is 0 Å². The van der Waals surface area contributed by atoms with Crippen molar-refractivity contribution in [2.75, 3.05) is 6.54 Å². The lowest BCUT2D eigenvalue weighted by Gasteiger charge is -2.33. The van der Waals surface area contributed by atoms with E-state index < -0.39 is 0 Å². The molecular formula is C16H15Br2NO2. The predicted molar refractivity (Wildman–Crippen MR) is 89.3 cm³/mol. The first-order valence-corrected chi connectivity index (χ1v) is 8.30. The summed E-state index contributed by atoms with van der Waals surface area (Å²) in [5.41, 5.74) is 8.82. The molecule has 0 spiro atoms. The number of fused-ring (bicyclic) bond motifs is 1. The minimum absolute atomic E-state index is 0.0978. The Kier molecular flexibility index (Phi) is 4.36. The summed E-state index contributed by atoms with van der Waals surface area (Å²) >= 11 is 6.94. The van der Waals surface area contributed by atoms with Crippen molar-refractivity contribution in [3.63, 3.8) is 0 Å². The van der Waals surface area contributed by atoms with Gasteiger partial charge in [-0.15, -0.1) is 0 Å². The molecule has 1 aliphatic rings. The average Bonchev–Trinajstić information content (AvgIpc) is 2.52. The number of benzene rings is 2. The monoisotopic (exact) mass is 411 g/mol. The fourth-order valence-electron chi connectivity index (χ4n) is 2.77. The zero-order valence-electron chi connectivity index (χ0n) is 11.2. The molecule has 0 saturated heterocycles. The molecule has 0 aromatic heterocycles. The SMILES string of the molecule is NCC1OC(c2ccccc2)Cc2c(O)c(Br)cc(Br)c21. The van der Waals surface area contributed by atoms with Crippen molar-refractivity contribution in [1.82, 2.24) is 0 Å². The minimum atomic E-state index is -0.229. The summed E-state index contributed by atoms with van der Waals surface area (Å²) in [7, 11) is 0. The van der Waals surface area contributed by atoms with Crippen molar-refractivity contribution in [3.8, 4) is 5.75 Å². The lowest BCUT2D eigenvalue weighted by atomic mass is 9.90. The zero-order chi connectivity index (χ0) is 15.0. The summed E-state index contributed by atoms with van der Waals surface area (Å²) in [6.45, 7) is 0.371. The zero-order valence-corrected chi connectivity index (χ0v) is 14.4. The van der Waals surface area contributed by atoms with Gasteiger partial charge in [-0.3, -0.25) is 0 Å². The Hall–Kier alpha value is -0.880. The summed E-state index contributed by atoms with van der Waals surface area (Å²) in [4.78, 5) is 0. The molecule has 0 fully saturated rings. The first kappa shape index (κ1) is 15.0. The van der Waals surface area contributed by atoms with E-state index in [4.69, 9.17) is 10.5 Å². The topological polar surface area (TPSA) is 55.5 Å². The van der Waals surface area contributed by atoms with Gasteiger partial charge in [-0.2, -0.15) is 0 Å². The van der Waals surface area contributed by atoms with Crippen LogP contribution >= 0.6 is 31.9 Å². The van der Waals surface area contributed by atoms with Gasteiger partial charge in [0, 0.05) is 28.6 Å². The average molecular weight is 413 g/mol. The maximum atomic E-state index is 10.4. The number of aromatic hydroxyl groups is 1. The summed E-state index contributed by atoms with van der Waals surface area (Å²) in [6, 6.07) is 11.9. The fraction of sp³-hybridized carbons (Fsp3) is 0.250. The third-order valence-corrected chi connectivity index (χ3v) is 5.03. The van der Waals surface area contributed by atoms with Gasteiger partial charge in [0.25, 0.3) is 0 Å². The molecule has 0 radical (unpaired) electrons. The number of ether oxygens (including phenoxy) is 1. The summed E-state index contributed by atoms with van der Waals surface area (Å²) < 4.78 is 7.73. The van der Waals surface area contributed by atoms with E-state index in [1.165, 1.54) is 0 Å². The molecule has 2 aromatic carbocycles. The van der Waals surface area contributed by atoms with Crippen LogP contribution < -0.4 is 5.73 Å².